The summed E-state index contributed by atoms with van der Waals surface area (Å²) in [6, 6.07) is 7.99. The quantitative estimate of drug-likeness (QED) is 0.728. The van der Waals surface area contributed by atoms with E-state index in [9.17, 15) is 14.0 Å². The van der Waals surface area contributed by atoms with Crippen LogP contribution in [0.25, 0.3) is 0 Å². The number of rotatable bonds is 6. The van der Waals surface area contributed by atoms with Gasteiger partial charge >= 0.3 is 0 Å². The Morgan fingerprint density at radius 2 is 1.74 bits per heavy atom. The molecule has 1 atom stereocenters. The number of halogens is 4. The summed E-state index contributed by atoms with van der Waals surface area (Å²) in [7, 11) is 0. The van der Waals surface area contributed by atoms with E-state index < -0.39 is 23.2 Å². The van der Waals surface area contributed by atoms with E-state index in [2.05, 4.69) is 5.32 Å². The molecule has 0 heterocycles. The summed E-state index contributed by atoms with van der Waals surface area (Å²) >= 11 is 17.9. The summed E-state index contributed by atoms with van der Waals surface area (Å²) in [4.78, 5) is 24.7. The zero-order valence-electron chi connectivity index (χ0n) is 14.1. The molecule has 27 heavy (non-hydrogen) atoms. The van der Waals surface area contributed by atoms with E-state index in [0.29, 0.717) is 28.5 Å². The van der Waals surface area contributed by atoms with Crippen molar-refractivity contribution in [1.29, 1.82) is 0 Å². The number of carbonyl (C=O) groups excluding carboxylic acids is 2. The Morgan fingerprint density at radius 3 is 2.30 bits per heavy atom. The Labute approximate surface area is 170 Å². The average Bonchev–Trinajstić information content (AvgIpc) is 3.37. The number of amides is 2. The van der Waals surface area contributed by atoms with Crippen molar-refractivity contribution in [3.05, 3.63) is 68.4 Å². The Kier molecular flexibility index (Phi) is 5.65. The molecule has 2 amide bonds. The molecule has 2 aromatic carbocycles. The van der Waals surface area contributed by atoms with Crippen LogP contribution in [-0.4, -0.2) is 17.9 Å². The normalized spacial score (nSPS) is 15.9. The van der Waals surface area contributed by atoms with Crippen LogP contribution in [0, 0.1) is 5.82 Å². The third-order valence-electron chi connectivity index (χ3n) is 4.72. The number of primary amides is 1. The van der Waals surface area contributed by atoms with Crippen molar-refractivity contribution in [2.45, 2.75) is 30.7 Å². The zero-order chi connectivity index (χ0) is 19.8. The van der Waals surface area contributed by atoms with Gasteiger partial charge in [0.25, 0.3) is 0 Å². The topological polar surface area (TPSA) is 72.2 Å². The molecule has 0 aromatic heterocycles. The highest BCUT2D eigenvalue weighted by atomic mass is 35.5. The maximum absolute atomic E-state index is 14.0. The molecule has 0 spiro atoms. The molecule has 1 aliphatic carbocycles. The van der Waals surface area contributed by atoms with Crippen molar-refractivity contribution in [1.82, 2.24) is 5.32 Å². The minimum atomic E-state index is -1.06. The van der Waals surface area contributed by atoms with Crippen molar-refractivity contribution in [3.8, 4) is 0 Å². The van der Waals surface area contributed by atoms with Gasteiger partial charge in [0, 0.05) is 21.5 Å². The number of benzene rings is 2. The number of nitrogens with two attached hydrogens (primary N) is 1. The van der Waals surface area contributed by atoms with Gasteiger partial charge < -0.3 is 11.1 Å². The van der Waals surface area contributed by atoms with Crippen LogP contribution < -0.4 is 11.1 Å². The van der Waals surface area contributed by atoms with E-state index in [1.165, 1.54) is 12.1 Å². The van der Waals surface area contributed by atoms with Gasteiger partial charge in [-0.3, -0.25) is 9.59 Å². The zero-order valence-corrected chi connectivity index (χ0v) is 16.3. The molecule has 0 unspecified atom stereocenters. The third-order valence-corrected chi connectivity index (χ3v) is 5.50. The van der Waals surface area contributed by atoms with Crippen LogP contribution in [0.3, 0.4) is 0 Å². The lowest BCUT2D eigenvalue weighted by molar-refractivity contribution is -0.128. The van der Waals surface area contributed by atoms with Crippen LogP contribution >= 0.6 is 34.8 Å². The summed E-state index contributed by atoms with van der Waals surface area (Å²) in [5, 5.41) is 3.74. The molecule has 3 N–H and O–H groups in total. The van der Waals surface area contributed by atoms with Gasteiger partial charge in [-0.1, -0.05) is 46.9 Å². The maximum Gasteiger partial charge on any atom is 0.240 e. The van der Waals surface area contributed by atoms with E-state index in [-0.39, 0.29) is 22.9 Å². The Morgan fingerprint density at radius 1 is 1.11 bits per heavy atom. The second-order valence-electron chi connectivity index (χ2n) is 6.57. The van der Waals surface area contributed by atoms with Crippen LogP contribution in [0.2, 0.25) is 15.1 Å². The fourth-order valence-electron chi connectivity index (χ4n) is 3.05. The maximum atomic E-state index is 14.0. The second-order valence-corrected chi connectivity index (χ2v) is 7.85. The van der Waals surface area contributed by atoms with E-state index in [4.69, 9.17) is 40.5 Å². The van der Waals surface area contributed by atoms with Crippen molar-refractivity contribution < 1.29 is 14.0 Å². The molecule has 142 valence electrons. The molecule has 1 saturated carbocycles. The van der Waals surface area contributed by atoms with Gasteiger partial charge in [0.05, 0.1) is 5.41 Å². The van der Waals surface area contributed by atoms with E-state index in [0.717, 1.165) is 6.07 Å². The molecule has 2 aromatic rings. The van der Waals surface area contributed by atoms with Crippen molar-refractivity contribution >= 4 is 46.6 Å². The van der Waals surface area contributed by atoms with Gasteiger partial charge in [0.2, 0.25) is 11.8 Å². The molecule has 8 heteroatoms. The monoisotopic (exact) mass is 428 g/mol. The first-order valence-electron chi connectivity index (χ1n) is 8.23. The van der Waals surface area contributed by atoms with Gasteiger partial charge in [-0.2, -0.15) is 0 Å². The smallest absolute Gasteiger partial charge is 0.240 e. The summed E-state index contributed by atoms with van der Waals surface area (Å²) in [6.07, 6.45) is 1.09. The molecule has 0 radical (unpaired) electrons. The summed E-state index contributed by atoms with van der Waals surface area (Å²) in [6.45, 7) is 0. The standard InChI is InChI=1S/C19H16Cl3FN2O2/c20-11-3-4-13(14(22)8-11)19(5-6-19)18(27)25-16(17(24)26)7-10-1-2-12(21)9-15(10)23/h1-4,8-9,16H,5-7H2,(H2,24,26)(H,25,27)/t16-/m0/s1. The van der Waals surface area contributed by atoms with E-state index in [1.807, 2.05) is 0 Å². The van der Waals surface area contributed by atoms with E-state index >= 15 is 0 Å². The summed E-state index contributed by atoms with van der Waals surface area (Å²) < 4.78 is 14.0. The van der Waals surface area contributed by atoms with Crippen LogP contribution in [0.5, 0.6) is 0 Å². The molecule has 0 aliphatic heterocycles. The predicted octanol–water partition coefficient (Wildman–Crippen LogP) is 4.03. The Balaban J connectivity index is 1.80. The average molecular weight is 430 g/mol. The van der Waals surface area contributed by atoms with Gasteiger partial charge in [0.1, 0.15) is 11.9 Å². The van der Waals surface area contributed by atoms with Crippen molar-refractivity contribution in [2.75, 3.05) is 0 Å². The van der Waals surface area contributed by atoms with Gasteiger partial charge in [0.15, 0.2) is 0 Å². The third kappa shape index (κ3) is 4.21. The highest BCUT2D eigenvalue weighted by Gasteiger charge is 2.53. The number of nitrogens with one attached hydrogen (secondary N) is 1. The largest absolute Gasteiger partial charge is 0.368 e. The Bertz CT molecular complexity index is 916. The van der Waals surface area contributed by atoms with Gasteiger partial charge in [-0.25, -0.2) is 4.39 Å². The molecule has 1 fully saturated rings. The first kappa shape index (κ1) is 19.9. The fraction of sp³-hybridized carbons (Fsp3) is 0.263. The van der Waals surface area contributed by atoms with Crippen LogP contribution in [-0.2, 0) is 21.4 Å². The predicted molar refractivity (Wildman–Crippen MR) is 104 cm³/mol. The molecular weight excluding hydrogens is 414 g/mol. The second kappa shape index (κ2) is 7.66. The summed E-state index contributed by atoms with van der Waals surface area (Å²) in [5.74, 6) is -1.69. The van der Waals surface area contributed by atoms with Crippen molar-refractivity contribution in [3.63, 3.8) is 0 Å². The minimum absolute atomic E-state index is 0.0749. The molecular formula is C19H16Cl3FN2O2. The van der Waals surface area contributed by atoms with Gasteiger partial charge in [-0.15, -0.1) is 0 Å². The fourth-order valence-corrected chi connectivity index (χ4v) is 3.80. The highest BCUT2D eigenvalue weighted by molar-refractivity contribution is 6.35. The highest BCUT2D eigenvalue weighted by Crippen LogP contribution is 2.51. The number of hydrogen-bond donors (Lipinski definition) is 2. The van der Waals surface area contributed by atoms with Gasteiger partial charge in [-0.05, 0) is 48.2 Å². The van der Waals surface area contributed by atoms with E-state index in [1.54, 1.807) is 18.2 Å². The molecule has 3 rings (SSSR count). The lowest BCUT2D eigenvalue weighted by Gasteiger charge is -2.22. The van der Waals surface area contributed by atoms with Crippen LogP contribution in [0.1, 0.15) is 24.0 Å². The molecule has 0 saturated heterocycles. The molecule has 0 bridgehead atoms. The first-order valence-corrected chi connectivity index (χ1v) is 9.36. The molecule has 1 aliphatic rings. The lowest BCUT2D eigenvalue weighted by Crippen LogP contribution is -2.49. The number of hydrogen-bond acceptors (Lipinski definition) is 2. The lowest BCUT2D eigenvalue weighted by atomic mass is 9.94. The first-order chi connectivity index (χ1) is 12.7. The Hall–Kier alpha value is -1.82. The van der Waals surface area contributed by atoms with Crippen molar-refractivity contribution in [2.24, 2.45) is 5.73 Å². The molecule has 4 nitrogen and oxygen atoms in total. The van der Waals surface area contributed by atoms with Crippen LogP contribution in [0.4, 0.5) is 4.39 Å². The van der Waals surface area contributed by atoms with Crippen LogP contribution in [0.15, 0.2) is 36.4 Å². The number of carbonyl (C=O) groups is 2. The minimum Gasteiger partial charge on any atom is -0.368 e. The summed E-state index contributed by atoms with van der Waals surface area (Å²) in [5.41, 5.74) is 5.47. The SMILES string of the molecule is NC(=O)[C@H](Cc1ccc(Cl)cc1F)NC(=O)C1(c2ccc(Cl)cc2Cl)CC1.